The van der Waals surface area contributed by atoms with Gasteiger partial charge in [-0.05, 0) is 32.9 Å². The summed E-state index contributed by atoms with van der Waals surface area (Å²) in [5, 5.41) is 3.63. The van der Waals surface area contributed by atoms with Gasteiger partial charge in [0.05, 0.1) is 21.1 Å². The zero-order valence-electron chi connectivity index (χ0n) is 12.1. The minimum absolute atomic E-state index is 0.427. The van der Waals surface area contributed by atoms with Crippen molar-refractivity contribution in [2.24, 2.45) is 0 Å². The van der Waals surface area contributed by atoms with Crippen LogP contribution in [0.25, 0.3) is 11.0 Å². The zero-order valence-corrected chi connectivity index (χ0v) is 13.6. The van der Waals surface area contributed by atoms with Crippen LogP contribution >= 0.6 is 23.2 Å². The van der Waals surface area contributed by atoms with Gasteiger partial charge in [0.1, 0.15) is 11.4 Å². The van der Waals surface area contributed by atoms with Crippen molar-refractivity contribution in [2.75, 3.05) is 6.54 Å². The molecule has 114 valence electrons. The summed E-state index contributed by atoms with van der Waals surface area (Å²) in [5.74, 6) is 0.749. The Morgan fingerprint density at radius 1 is 1.33 bits per heavy atom. The number of hydrogen-bond donors (Lipinski definition) is 2. The van der Waals surface area contributed by atoms with E-state index >= 15 is 0 Å². The number of carbonyl (C=O) groups is 1. The second-order valence-electron chi connectivity index (χ2n) is 5.65. The van der Waals surface area contributed by atoms with Crippen LogP contribution in [0.1, 0.15) is 26.6 Å². The summed E-state index contributed by atoms with van der Waals surface area (Å²) in [6.45, 7) is 5.88. The highest BCUT2D eigenvalue weighted by Gasteiger charge is 2.15. The van der Waals surface area contributed by atoms with E-state index < -0.39 is 11.7 Å². The normalized spacial score (nSPS) is 11.7. The van der Waals surface area contributed by atoms with Gasteiger partial charge < -0.3 is 15.0 Å². The van der Waals surface area contributed by atoms with Crippen LogP contribution in [0.2, 0.25) is 10.0 Å². The van der Waals surface area contributed by atoms with Crippen LogP contribution in [0.3, 0.4) is 0 Å². The molecule has 0 unspecified atom stereocenters. The molecule has 0 spiro atoms. The minimum Gasteiger partial charge on any atom is -0.444 e. The number of nitrogens with zero attached hydrogens (tertiary/aromatic N) is 1. The molecule has 0 bridgehead atoms. The quantitative estimate of drug-likeness (QED) is 0.896. The lowest BCUT2D eigenvalue weighted by molar-refractivity contribution is 0.0528. The van der Waals surface area contributed by atoms with Crippen LogP contribution in [-0.2, 0) is 11.2 Å². The number of rotatable bonds is 3. The van der Waals surface area contributed by atoms with Crippen LogP contribution in [0, 0.1) is 0 Å². The third-order valence-electron chi connectivity index (χ3n) is 2.60. The Kier molecular flexibility index (Phi) is 4.64. The largest absolute Gasteiger partial charge is 0.444 e. The SMILES string of the molecule is CC(C)(C)OC(=O)NCCc1nc2cc(Cl)c(Cl)cc2[nH]1. The Balaban J connectivity index is 1.94. The molecule has 1 amide bonds. The maximum absolute atomic E-state index is 11.5. The van der Waals surface area contributed by atoms with Gasteiger partial charge in [-0.3, -0.25) is 0 Å². The monoisotopic (exact) mass is 329 g/mol. The number of alkyl carbamates (subject to hydrolysis) is 1. The number of carbonyl (C=O) groups excluding carboxylic acids is 1. The Hall–Kier alpha value is -1.46. The molecule has 1 aromatic carbocycles. The number of amides is 1. The Morgan fingerprint density at radius 3 is 2.67 bits per heavy atom. The molecule has 21 heavy (non-hydrogen) atoms. The smallest absolute Gasteiger partial charge is 0.407 e. The summed E-state index contributed by atoms with van der Waals surface area (Å²) in [7, 11) is 0. The predicted molar refractivity (Wildman–Crippen MR) is 84.1 cm³/mol. The van der Waals surface area contributed by atoms with E-state index in [2.05, 4.69) is 15.3 Å². The van der Waals surface area contributed by atoms with Gasteiger partial charge in [0.15, 0.2) is 0 Å². The van der Waals surface area contributed by atoms with Gasteiger partial charge in [0, 0.05) is 13.0 Å². The number of halogens is 2. The number of benzene rings is 1. The minimum atomic E-state index is -0.503. The van der Waals surface area contributed by atoms with Crippen molar-refractivity contribution in [1.29, 1.82) is 0 Å². The number of ether oxygens (including phenoxy) is 1. The standard InChI is InChI=1S/C14H17Cl2N3O2/c1-14(2,3)21-13(20)17-5-4-12-18-10-6-8(15)9(16)7-11(10)19-12/h6-7H,4-5H2,1-3H3,(H,17,20)(H,18,19). The second kappa shape index (κ2) is 6.12. The van der Waals surface area contributed by atoms with E-state index in [-0.39, 0.29) is 0 Å². The van der Waals surface area contributed by atoms with E-state index in [4.69, 9.17) is 27.9 Å². The first-order chi connectivity index (χ1) is 9.74. The lowest BCUT2D eigenvalue weighted by atomic mass is 10.2. The molecular formula is C14H17Cl2N3O2. The molecule has 2 rings (SSSR count). The van der Waals surface area contributed by atoms with Crippen molar-refractivity contribution in [1.82, 2.24) is 15.3 Å². The third-order valence-corrected chi connectivity index (χ3v) is 3.33. The molecule has 0 fully saturated rings. The Morgan fingerprint density at radius 2 is 2.00 bits per heavy atom. The number of aromatic nitrogens is 2. The molecule has 0 aliphatic rings. The van der Waals surface area contributed by atoms with E-state index in [1.807, 2.05) is 20.8 Å². The Labute approximate surface area is 133 Å². The number of aromatic amines is 1. The van der Waals surface area contributed by atoms with Gasteiger partial charge in [0.25, 0.3) is 0 Å². The summed E-state index contributed by atoms with van der Waals surface area (Å²) >= 11 is 11.9. The van der Waals surface area contributed by atoms with E-state index in [1.165, 1.54) is 0 Å². The fourth-order valence-corrected chi connectivity index (χ4v) is 2.09. The first-order valence-electron chi connectivity index (χ1n) is 6.55. The van der Waals surface area contributed by atoms with Gasteiger partial charge >= 0.3 is 6.09 Å². The van der Waals surface area contributed by atoms with Gasteiger partial charge in [-0.2, -0.15) is 0 Å². The van der Waals surface area contributed by atoms with Gasteiger partial charge in [-0.1, -0.05) is 23.2 Å². The van der Waals surface area contributed by atoms with E-state index in [1.54, 1.807) is 12.1 Å². The van der Waals surface area contributed by atoms with Gasteiger partial charge in [0.2, 0.25) is 0 Å². The molecule has 0 saturated carbocycles. The molecule has 2 aromatic rings. The van der Waals surface area contributed by atoms with Crippen LogP contribution in [-0.4, -0.2) is 28.2 Å². The summed E-state index contributed by atoms with van der Waals surface area (Å²) in [5.41, 5.74) is 1.06. The second-order valence-corrected chi connectivity index (χ2v) is 6.46. The predicted octanol–water partition coefficient (Wildman–Crippen LogP) is 3.94. The molecular weight excluding hydrogens is 313 g/mol. The molecule has 2 N–H and O–H groups in total. The summed E-state index contributed by atoms with van der Waals surface area (Å²) in [6.07, 6.45) is 0.119. The van der Waals surface area contributed by atoms with Crippen molar-refractivity contribution in [3.8, 4) is 0 Å². The van der Waals surface area contributed by atoms with E-state index in [0.29, 0.717) is 23.0 Å². The van der Waals surface area contributed by atoms with Crippen LogP contribution in [0.4, 0.5) is 4.79 Å². The molecule has 0 saturated heterocycles. The molecule has 0 aliphatic carbocycles. The maximum Gasteiger partial charge on any atom is 0.407 e. The van der Waals surface area contributed by atoms with Crippen molar-refractivity contribution in [3.05, 3.63) is 28.0 Å². The molecule has 1 aromatic heterocycles. The lowest BCUT2D eigenvalue weighted by Gasteiger charge is -2.19. The van der Waals surface area contributed by atoms with Crippen LogP contribution in [0.15, 0.2) is 12.1 Å². The highest BCUT2D eigenvalue weighted by molar-refractivity contribution is 6.42. The molecule has 5 nitrogen and oxygen atoms in total. The van der Waals surface area contributed by atoms with Gasteiger partial charge in [-0.25, -0.2) is 9.78 Å². The summed E-state index contributed by atoms with van der Waals surface area (Å²) < 4.78 is 5.15. The van der Waals surface area contributed by atoms with Crippen molar-refractivity contribution >= 4 is 40.3 Å². The number of nitrogens with one attached hydrogen (secondary N) is 2. The zero-order chi connectivity index (χ0) is 15.6. The van der Waals surface area contributed by atoms with Gasteiger partial charge in [-0.15, -0.1) is 0 Å². The van der Waals surface area contributed by atoms with Crippen molar-refractivity contribution < 1.29 is 9.53 Å². The average molecular weight is 330 g/mol. The molecule has 7 heteroatoms. The van der Waals surface area contributed by atoms with Crippen molar-refractivity contribution in [3.63, 3.8) is 0 Å². The molecule has 0 radical (unpaired) electrons. The maximum atomic E-state index is 11.5. The highest BCUT2D eigenvalue weighted by Crippen LogP contribution is 2.26. The topological polar surface area (TPSA) is 67.0 Å². The molecule has 1 heterocycles. The third kappa shape index (κ3) is 4.51. The van der Waals surface area contributed by atoms with Crippen LogP contribution < -0.4 is 5.32 Å². The first kappa shape index (κ1) is 15.9. The van der Waals surface area contributed by atoms with Crippen LogP contribution in [0.5, 0.6) is 0 Å². The fourth-order valence-electron chi connectivity index (χ4n) is 1.77. The summed E-state index contributed by atoms with van der Waals surface area (Å²) in [6, 6.07) is 3.44. The number of H-pyrrole nitrogens is 1. The van der Waals surface area contributed by atoms with Crippen molar-refractivity contribution in [2.45, 2.75) is 32.8 Å². The highest BCUT2D eigenvalue weighted by atomic mass is 35.5. The molecule has 0 aliphatic heterocycles. The summed E-state index contributed by atoms with van der Waals surface area (Å²) in [4.78, 5) is 19.0. The first-order valence-corrected chi connectivity index (χ1v) is 7.31. The fraction of sp³-hybridized carbons (Fsp3) is 0.429. The average Bonchev–Trinajstić information content (AvgIpc) is 2.69. The lowest BCUT2D eigenvalue weighted by Crippen LogP contribution is -2.33. The number of imidazole rings is 1. The van der Waals surface area contributed by atoms with E-state index in [9.17, 15) is 4.79 Å². The molecule has 0 atom stereocenters. The van der Waals surface area contributed by atoms with E-state index in [0.717, 1.165) is 16.9 Å². The number of fused-ring (bicyclic) bond motifs is 1. The Bertz CT molecular complexity index is 623. The number of hydrogen-bond acceptors (Lipinski definition) is 3.